The molecule has 1 unspecified atom stereocenters. The summed E-state index contributed by atoms with van der Waals surface area (Å²) in [5, 5.41) is 3.92. The Hall–Kier alpha value is -2.88. The molecule has 0 bridgehead atoms. The van der Waals surface area contributed by atoms with Crippen LogP contribution in [0.4, 0.5) is 0 Å². The van der Waals surface area contributed by atoms with Crippen LogP contribution in [-0.2, 0) is 0 Å². The van der Waals surface area contributed by atoms with Crippen molar-refractivity contribution in [2.75, 3.05) is 7.05 Å². The van der Waals surface area contributed by atoms with Crippen LogP contribution in [-0.4, -0.2) is 23.0 Å². The Bertz CT molecular complexity index is 781. The van der Waals surface area contributed by atoms with E-state index in [0.29, 0.717) is 11.5 Å². The van der Waals surface area contributed by atoms with E-state index in [9.17, 15) is 4.79 Å². The molecule has 0 radical (unpaired) electrons. The molecule has 1 aromatic heterocycles. The number of rotatable bonds is 4. The standard InChI is InChI=1S/C19H18N2O2/c1-14(15-9-5-3-6-10-15)21(2)19(22)17-13-18(23-20-17)16-11-7-4-8-12-16/h3-14H,1-2H3. The normalized spacial score (nSPS) is 11.9. The van der Waals surface area contributed by atoms with E-state index in [0.717, 1.165) is 11.1 Å². The predicted molar refractivity (Wildman–Crippen MR) is 88.9 cm³/mol. The van der Waals surface area contributed by atoms with Crippen molar-refractivity contribution in [1.29, 1.82) is 0 Å². The van der Waals surface area contributed by atoms with Gasteiger partial charge in [-0.05, 0) is 12.5 Å². The van der Waals surface area contributed by atoms with Crippen LogP contribution < -0.4 is 0 Å². The molecule has 116 valence electrons. The lowest BCUT2D eigenvalue weighted by molar-refractivity contribution is 0.0732. The SMILES string of the molecule is CC(c1ccccc1)N(C)C(=O)c1cc(-c2ccccc2)on1. The van der Waals surface area contributed by atoms with E-state index < -0.39 is 0 Å². The van der Waals surface area contributed by atoms with Gasteiger partial charge in [0.15, 0.2) is 11.5 Å². The van der Waals surface area contributed by atoms with E-state index in [4.69, 9.17) is 4.52 Å². The van der Waals surface area contributed by atoms with Crippen LogP contribution in [0.1, 0.15) is 29.0 Å². The second-order valence-electron chi connectivity index (χ2n) is 5.45. The fourth-order valence-corrected chi connectivity index (χ4v) is 2.43. The lowest BCUT2D eigenvalue weighted by atomic mass is 10.1. The molecule has 0 saturated carbocycles. The molecule has 1 amide bonds. The molecule has 0 fully saturated rings. The number of hydrogen-bond acceptors (Lipinski definition) is 3. The fourth-order valence-electron chi connectivity index (χ4n) is 2.43. The molecular weight excluding hydrogens is 288 g/mol. The highest BCUT2D eigenvalue weighted by Gasteiger charge is 2.22. The first-order valence-corrected chi connectivity index (χ1v) is 7.51. The molecule has 2 aromatic carbocycles. The van der Waals surface area contributed by atoms with Crippen molar-refractivity contribution in [2.24, 2.45) is 0 Å². The smallest absolute Gasteiger partial charge is 0.276 e. The number of nitrogens with zero attached hydrogens (tertiary/aromatic N) is 2. The minimum atomic E-state index is -0.160. The Kier molecular flexibility index (Phi) is 4.24. The summed E-state index contributed by atoms with van der Waals surface area (Å²) in [6.45, 7) is 1.99. The molecule has 0 N–H and O–H groups in total. The maximum atomic E-state index is 12.6. The molecule has 0 aliphatic rings. The maximum absolute atomic E-state index is 12.6. The second kappa shape index (κ2) is 6.48. The van der Waals surface area contributed by atoms with Crippen molar-refractivity contribution >= 4 is 5.91 Å². The third-order valence-electron chi connectivity index (χ3n) is 3.97. The molecule has 0 aliphatic carbocycles. The van der Waals surface area contributed by atoms with E-state index >= 15 is 0 Å². The van der Waals surface area contributed by atoms with Crippen LogP contribution in [0.2, 0.25) is 0 Å². The molecule has 0 spiro atoms. The monoisotopic (exact) mass is 306 g/mol. The van der Waals surface area contributed by atoms with Crippen LogP contribution in [0.3, 0.4) is 0 Å². The Labute approximate surface area is 135 Å². The van der Waals surface area contributed by atoms with Crippen molar-refractivity contribution in [3.05, 3.63) is 78.0 Å². The van der Waals surface area contributed by atoms with E-state index in [2.05, 4.69) is 5.16 Å². The highest BCUT2D eigenvalue weighted by atomic mass is 16.5. The summed E-state index contributed by atoms with van der Waals surface area (Å²) in [4.78, 5) is 14.3. The largest absolute Gasteiger partial charge is 0.355 e. The van der Waals surface area contributed by atoms with Gasteiger partial charge in [-0.15, -0.1) is 0 Å². The highest BCUT2D eigenvalue weighted by Crippen LogP contribution is 2.23. The third kappa shape index (κ3) is 3.16. The second-order valence-corrected chi connectivity index (χ2v) is 5.45. The van der Waals surface area contributed by atoms with E-state index in [1.807, 2.05) is 67.6 Å². The van der Waals surface area contributed by atoms with Gasteiger partial charge in [-0.1, -0.05) is 65.8 Å². The Morgan fingerprint density at radius 1 is 1.04 bits per heavy atom. The average Bonchev–Trinajstić information content (AvgIpc) is 3.11. The first-order chi connectivity index (χ1) is 11.2. The molecule has 23 heavy (non-hydrogen) atoms. The molecule has 4 heteroatoms. The van der Waals surface area contributed by atoms with Gasteiger partial charge in [-0.3, -0.25) is 4.79 Å². The number of aromatic nitrogens is 1. The van der Waals surface area contributed by atoms with Crippen molar-refractivity contribution in [1.82, 2.24) is 10.1 Å². The Morgan fingerprint density at radius 2 is 1.65 bits per heavy atom. The van der Waals surface area contributed by atoms with Crippen molar-refractivity contribution < 1.29 is 9.32 Å². The van der Waals surface area contributed by atoms with Gasteiger partial charge in [0, 0.05) is 18.7 Å². The molecular formula is C19H18N2O2. The van der Waals surface area contributed by atoms with Crippen LogP contribution in [0, 0.1) is 0 Å². The minimum absolute atomic E-state index is 0.0411. The van der Waals surface area contributed by atoms with Gasteiger partial charge in [0.05, 0.1) is 6.04 Å². The fraction of sp³-hybridized carbons (Fsp3) is 0.158. The zero-order valence-corrected chi connectivity index (χ0v) is 13.1. The lowest BCUT2D eigenvalue weighted by Gasteiger charge is -2.24. The number of hydrogen-bond donors (Lipinski definition) is 0. The Balaban J connectivity index is 1.79. The van der Waals surface area contributed by atoms with Crippen LogP contribution in [0.15, 0.2) is 71.3 Å². The van der Waals surface area contributed by atoms with Gasteiger partial charge >= 0.3 is 0 Å². The molecule has 3 aromatic rings. The molecule has 4 nitrogen and oxygen atoms in total. The Morgan fingerprint density at radius 3 is 2.30 bits per heavy atom. The average molecular weight is 306 g/mol. The van der Waals surface area contributed by atoms with Gasteiger partial charge in [0.25, 0.3) is 5.91 Å². The molecule has 1 heterocycles. The van der Waals surface area contributed by atoms with E-state index in [-0.39, 0.29) is 11.9 Å². The summed E-state index contributed by atoms with van der Waals surface area (Å²) in [6.07, 6.45) is 0. The number of carbonyl (C=O) groups is 1. The van der Waals surface area contributed by atoms with Crippen LogP contribution in [0.25, 0.3) is 11.3 Å². The predicted octanol–water partition coefficient (Wildman–Crippen LogP) is 4.17. The zero-order valence-electron chi connectivity index (χ0n) is 13.1. The summed E-state index contributed by atoms with van der Waals surface area (Å²) >= 11 is 0. The van der Waals surface area contributed by atoms with Gasteiger partial charge in [-0.2, -0.15) is 0 Å². The van der Waals surface area contributed by atoms with Gasteiger partial charge in [-0.25, -0.2) is 0 Å². The summed E-state index contributed by atoms with van der Waals surface area (Å²) in [6, 6.07) is 21.2. The third-order valence-corrected chi connectivity index (χ3v) is 3.97. The van der Waals surface area contributed by atoms with Crippen molar-refractivity contribution in [3.63, 3.8) is 0 Å². The first-order valence-electron chi connectivity index (χ1n) is 7.51. The van der Waals surface area contributed by atoms with Crippen LogP contribution >= 0.6 is 0 Å². The van der Waals surface area contributed by atoms with Crippen LogP contribution in [0.5, 0.6) is 0 Å². The molecule has 3 rings (SSSR count). The van der Waals surface area contributed by atoms with Crippen molar-refractivity contribution in [2.45, 2.75) is 13.0 Å². The molecule has 0 aliphatic heterocycles. The lowest BCUT2D eigenvalue weighted by Crippen LogP contribution is -2.29. The maximum Gasteiger partial charge on any atom is 0.276 e. The number of amides is 1. The van der Waals surface area contributed by atoms with E-state index in [1.54, 1.807) is 18.0 Å². The van der Waals surface area contributed by atoms with Crippen molar-refractivity contribution in [3.8, 4) is 11.3 Å². The first kappa shape index (κ1) is 15.0. The quantitative estimate of drug-likeness (QED) is 0.726. The summed E-state index contributed by atoms with van der Waals surface area (Å²) in [5.41, 5.74) is 2.29. The number of carbonyl (C=O) groups excluding carboxylic acids is 1. The van der Waals surface area contributed by atoms with E-state index in [1.165, 1.54) is 0 Å². The summed E-state index contributed by atoms with van der Waals surface area (Å²) < 4.78 is 5.31. The van der Waals surface area contributed by atoms with Gasteiger partial charge in [0.2, 0.25) is 0 Å². The van der Waals surface area contributed by atoms with Gasteiger partial charge in [0.1, 0.15) is 0 Å². The molecule has 0 saturated heterocycles. The zero-order chi connectivity index (χ0) is 16.2. The van der Waals surface area contributed by atoms with Gasteiger partial charge < -0.3 is 9.42 Å². The molecule has 1 atom stereocenters. The topological polar surface area (TPSA) is 46.3 Å². The number of benzene rings is 2. The highest BCUT2D eigenvalue weighted by molar-refractivity contribution is 5.93. The minimum Gasteiger partial charge on any atom is -0.355 e. The summed E-state index contributed by atoms with van der Waals surface area (Å²) in [7, 11) is 1.77. The summed E-state index contributed by atoms with van der Waals surface area (Å²) in [5.74, 6) is 0.432.